The van der Waals surface area contributed by atoms with Gasteiger partial charge in [-0.3, -0.25) is 4.79 Å². The number of ketones is 1. The normalized spacial score (nSPS) is 33.1. The number of hydrogen-bond donors (Lipinski definition) is 1. The highest BCUT2D eigenvalue weighted by Crippen LogP contribution is 2.51. The molecule has 1 N–H and O–H groups in total. The number of fused-ring (bicyclic) bond motifs is 5. The predicted molar refractivity (Wildman–Crippen MR) is 82.9 cm³/mol. The quantitative estimate of drug-likeness (QED) is 0.834. The number of hydrogen-bond acceptors (Lipinski definition) is 3. The predicted octanol–water partition coefficient (Wildman–Crippen LogP) is 3.43. The maximum absolute atomic E-state index is 12.8. The van der Waals surface area contributed by atoms with Crippen LogP contribution in [0.25, 0.3) is 5.57 Å². The highest BCUT2D eigenvalue weighted by molar-refractivity contribution is 9.10. The molecule has 1 saturated heterocycles. The third-order valence-corrected chi connectivity index (χ3v) is 5.24. The Balaban J connectivity index is 1.86. The number of aliphatic hydroxyl groups excluding tert-OH is 1. The molecular weight excluding hydrogens is 332 g/mol. The van der Waals surface area contributed by atoms with Crippen LogP contribution in [0.4, 0.5) is 0 Å². The van der Waals surface area contributed by atoms with E-state index in [1.54, 1.807) is 0 Å². The molecule has 0 amide bonds. The molecule has 0 saturated carbocycles. The van der Waals surface area contributed by atoms with Crippen molar-refractivity contribution in [2.45, 2.75) is 25.6 Å². The molecule has 3 nitrogen and oxygen atoms in total. The van der Waals surface area contributed by atoms with Gasteiger partial charge in [0.2, 0.25) is 0 Å². The zero-order chi connectivity index (χ0) is 14.7. The number of carbonyl (C=O) groups excluding carboxylic acids is 1. The van der Waals surface area contributed by atoms with Crippen LogP contribution in [0, 0.1) is 11.8 Å². The topological polar surface area (TPSA) is 46.5 Å². The minimum atomic E-state index is -0.251. The summed E-state index contributed by atoms with van der Waals surface area (Å²) in [6.45, 7) is 2.05. The van der Waals surface area contributed by atoms with Crippen molar-refractivity contribution in [1.29, 1.82) is 0 Å². The third kappa shape index (κ3) is 1.72. The first kappa shape index (κ1) is 13.3. The minimum absolute atomic E-state index is 0.0159. The fourth-order valence-corrected chi connectivity index (χ4v) is 4.13. The smallest absolute Gasteiger partial charge is 0.173 e. The van der Waals surface area contributed by atoms with Crippen molar-refractivity contribution in [2.75, 3.05) is 0 Å². The largest absolute Gasteiger partial charge is 0.511 e. The van der Waals surface area contributed by atoms with Crippen LogP contribution in [0.5, 0.6) is 0 Å². The molecule has 2 bridgehead atoms. The Morgan fingerprint density at radius 2 is 1.95 bits per heavy atom. The van der Waals surface area contributed by atoms with E-state index < -0.39 is 0 Å². The molecule has 21 heavy (non-hydrogen) atoms. The molecule has 4 heteroatoms. The number of rotatable bonds is 2. The summed E-state index contributed by atoms with van der Waals surface area (Å²) < 4.78 is 6.62. The van der Waals surface area contributed by atoms with E-state index in [-0.39, 0.29) is 35.6 Å². The standard InChI is InChI=1S/C17H15BrO3/c1-2-8-3-4-9(18)7-10(8)13-16(19)14-11-5-6-12(21-11)15(14)17(13)20/h3-7,11-12,14-15,19H,2H2,1H3/t11?,12?,14-,15+/m0/s1. The van der Waals surface area contributed by atoms with Crippen molar-refractivity contribution in [3.05, 3.63) is 51.7 Å². The van der Waals surface area contributed by atoms with Crippen LogP contribution in [0.3, 0.4) is 0 Å². The summed E-state index contributed by atoms with van der Waals surface area (Å²) in [6, 6.07) is 5.90. The average Bonchev–Trinajstić information content (AvgIpc) is 3.13. The van der Waals surface area contributed by atoms with Crippen LogP contribution in [-0.4, -0.2) is 23.1 Å². The van der Waals surface area contributed by atoms with Crippen molar-refractivity contribution in [3.8, 4) is 0 Å². The zero-order valence-corrected chi connectivity index (χ0v) is 13.1. The van der Waals surface area contributed by atoms with E-state index in [9.17, 15) is 9.90 Å². The van der Waals surface area contributed by atoms with Gasteiger partial charge in [-0.2, -0.15) is 0 Å². The van der Waals surface area contributed by atoms with Gasteiger partial charge in [0.25, 0.3) is 0 Å². The molecule has 2 aliphatic heterocycles. The lowest BCUT2D eigenvalue weighted by molar-refractivity contribution is -0.118. The van der Waals surface area contributed by atoms with Crippen LogP contribution in [-0.2, 0) is 16.0 Å². The maximum Gasteiger partial charge on any atom is 0.173 e. The molecule has 1 fully saturated rings. The molecule has 4 atom stereocenters. The van der Waals surface area contributed by atoms with Crippen LogP contribution < -0.4 is 0 Å². The molecule has 0 spiro atoms. The highest BCUT2D eigenvalue weighted by atomic mass is 79.9. The van der Waals surface area contributed by atoms with Gasteiger partial charge in [-0.15, -0.1) is 0 Å². The highest BCUT2D eigenvalue weighted by Gasteiger charge is 2.57. The Labute approximate surface area is 131 Å². The number of aryl methyl sites for hydroxylation is 1. The molecule has 1 aliphatic carbocycles. The Morgan fingerprint density at radius 1 is 1.24 bits per heavy atom. The molecule has 4 rings (SSSR count). The van der Waals surface area contributed by atoms with Crippen molar-refractivity contribution >= 4 is 27.3 Å². The van der Waals surface area contributed by atoms with E-state index in [2.05, 4.69) is 22.9 Å². The maximum atomic E-state index is 12.8. The number of carbonyl (C=O) groups is 1. The second-order valence-electron chi connectivity index (χ2n) is 5.78. The second-order valence-corrected chi connectivity index (χ2v) is 6.70. The fraction of sp³-hybridized carbons (Fsp3) is 0.353. The Bertz CT molecular complexity index is 704. The monoisotopic (exact) mass is 346 g/mol. The number of aliphatic hydroxyl groups is 1. The summed E-state index contributed by atoms with van der Waals surface area (Å²) in [5.41, 5.74) is 2.42. The summed E-state index contributed by atoms with van der Waals surface area (Å²) in [7, 11) is 0. The van der Waals surface area contributed by atoms with Gasteiger partial charge in [0.15, 0.2) is 5.78 Å². The number of Topliss-reactive ketones (excluding diaryl/α,β-unsaturated/α-hetero) is 1. The SMILES string of the molecule is CCc1ccc(Br)cc1C1=C(O)[C@H]2C3C=CC(O3)[C@H]2C1=O. The summed E-state index contributed by atoms with van der Waals surface area (Å²) in [4.78, 5) is 12.8. The zero-order valence-electron chi connectivity index (χ0n) is 11.5. The number of ether oxygens (including phenoxy) is 1. The van der Waals surface area contributed by atoms with Gasteiger partial charge in [-0.1, -0.05) is 41.1 Å². The summed E-state index contributed by atoms with van der Waals surface area (Å²) in [5.74, 6) is -0.235. The van der Waals surface area contributed by atoms with Gasteiger partial charge >= 0.3 is 0 Å². The first-order valence-electron chi connectivity index (χ1n) is 7.21. The van der Waals surface area contributed by atoms with Crippen LogP contribution in [0.15, 0.2) is 40.6 Å². The van der Waals surface area contributed by atoms with E-state index in [1.807, 2.05) is 30.4 Å². The molecule has 108 valence electrons. The lowest BCUT2D eigenvalue weighted by Crippen LogP contribution is -2.26. The Kier molecular flexibility index (Phi) is 2.88. The third-order valence-electron chi connectivity index (χ3n) is 4.74. The number of halogens is 1. The van der Waals surface area contributed by atoms with Gasteiger partial charge in [-0.25, -0.2) is 0 Å². The van der Waals surface area contributed by atoms with E-state index in [0.29, 0.717) is 5.57 Å². The van der Waals surface area contributed by atoms with Crippen LogP contribution >= 0.6 is 15.9 Å². The van der Waals surface area contributed by atoms with Gasteiger partial charge in [0.1, 0.15) is 5.76 Å². The molecule has 2 unspecified atom stereocenters. The van der Waals surface area contributed by atoms with Gasteiger partial charge < -0.3 is 9.84 Å². The number of benzene rings is 1. The van der Waals surface area contributed by atoms with Crippen LogP contribution in [0.2, 0.25) is 0 Å². The molecular formula is C17H15BrO3. The summed E-state index contributed by atoms with van der Waals surface area (Å²) >= 11 is 3.46. The lowest BCUT2D eigenvalue weighted by Gasteiger charge is -2.15. The molecule has 1 aromatic rings. The van der Waals surface area contributed by atoms with Crippen molar-refractivity contribution in [1.82, 2.24) is 0 Å². The summed E-state index contributed by atoms with van der Waals surface area (Å²) in [6.07, 6.45) is 4.40. The van der Waals surface area contributed by atoms with E-state index in [0.717, 1.165) is 22.0 Å². The fourth-order valence-electron chi connectivity index (χ4n) is 3.77. The average molecular weight is 347 g/mol. The molecule has 3 aliphatic rings. The van der Waals surface area contributed by atoms with Gasteiger partial charge in [0.05, 0.1) is 29.6 Å². The first-order valence-corrected chi connectivity index (χ1v) is 8.01. The van der Waals surface area contributed by atoms with Gasteiger partial charge in [-0.05, 0) is 29.7 Å². The molecule has 0 radical (unpaired) electrons. The Morgan fingerprint density at radius 3 is 2.62 bits per heavy atom. The second kappa shape index (κ2) is 4.55. The van der Waals surface area contributed by atoms with E-state index >= 15 is 0 Å². The minimum Gasteiger partial charge on any atom is -0.511 e. The van der Waals surface area contributed by atoms with Crippen LogP contribution in [0.1, 0.15) is 18.1 Å². The van der Waals surface area contributed by atoms with E-state index in [4.69, 9.17) is 4.74 Å². The van der Waals surface area contributed by atoms with Crippen molar-refractivity contribution < 1.29 is 14.6 Å². The summed E-state index contributed by atoms with van der Waals surface area (Å²) in [5, 5.41) is 10.6. The first-order chi connectivity index (χ1) is 10.1. The van der Waals surface area contributed by atoms with E-state index in [1.165, 1.54) is 0 Å². The molecule has 1 aromatic carbocycles. The molecule has 2 heterocycles. The number of allylic oxidation sites excluding steroid dienone is 1. The molecule has 0 aromatic heterocycles. The van der Waals surface area contributed by atoms with Crippen molar-refractivity contribution in [2.24, 2.45) is 11.8 Å². The Hall–Kier alpha value is -1.39. The lowest BCUT2D eigenvalue weighted by atomic mass is 9.84. The van der Waals surface area contributed by atoms with Gasteiger partial charge in [0, 0.05) is 4.47 Å². The van der Waals surface area contributed by atoms with Crippen molar-refractivity contribution in [3.63, 3.8) is 0 Å².